The number of nitrogens with one attached hydrogen (secondary N) is 1. The number of fused-ring (bicyclic) bond motifs is 1. The zero-order valence-electron chi connectivity index (χ0n) is 18.7. The lowest BCUT2D eigenvalue weighted by Gasteiger charge is -2.08. The molecule has 35 heavy (non-hydrogen) atoms. The topological polar surface area (TPSA) is 90.0 Å². The molecular formula is C24H20F4N4O2S. The average Bonchev–Trinajstić information content (AvgIpc) is 3.33. The van der Waals surface area contributed by atoms with E-state index in [9.17, 15) is 27.2 Å². The molecule has 0 fully saturated rings. The molecule has 0 radical (unpaired) electrons. The molecule has 0 aliphatic heterocycles. The smallest absolute Gasteiger partial charge is 0.368 e. The van der Waals surface area contributed by atoms with E-state index in [4.69, 9.17) is 5.73 Å². The van der Waals surface area contributed by atoms with E-state index in [0.29, 0.717) is 37.6 Å². The van der Waals surface area contributed by atoms with Crippen LogP contribution in [0.15, 0.2) is 42.5 Å². The molecule has 0 aliphatic rings. The van der Waals surface area contributed by atoms with E-state index in [1.165, 1.54) is 34.2 Å². The molecule has 0 saturated heterocycles. The Labute approximate surface area is 201 Å². The van der Waals surface area contributed by atoms with Crippen molar-refractivity contribution in [2.45, 2.75) is 26.4 Å². The quantitative estimate of drug-likeness (QED) is 0.374. The summed E-state index contributed by atoms with van der Waals surface area (Å²) in [5, 5.41) is 7.18. The molecule has 2 aromatic heterocycles. The first-order chi connectivity index (χ1) is 16.5. The third-order valence-corrected chi connectivity index (χ3v) is 6.62. The van der Waals surface area contributed by atoms with Gasteiger partial charge in [-0.3, -0.25) is 9.59 Å². The van der Waals surface area contributed by atoms with Gasteiger partial charge in [-0.25, -0.2) is 9.07 Å². The summed E-state index contributed by atoms with van der Waals surface area (Å²) in [6.07, 6.45) is -4.26. The minimum absolute atomic E-state index is 0.194. The Morgan fingerprint density at radius 1 is 1.14 bits per heavy atom. The number of hydrogen-bond acceptors (Lipinski definition) is 4. The fourth-order valence-electron chi connectivity index (χ4n) is 3.90. The summed E-state index contributed by atoms with van der Waals surface area (Å²) in [7, 11) is 0. The minimum Gasteiger partial charge on any atom is -0.368 e. The van der Waals surface area contributed by atoms with Gasteiger partial charge in [0.15, 0.2) is 0 Å². The van der Waals surface area contributed by atoms with E-state index in [2.05, 4.69) is 10.4 Å². The third-order valence-electron chi connectivity index (χ3n) is 5.46. The van der Waals surface area contributed by atoms with Gasteiger partial charge in [-0.1, -0.05) is 18.2 Å². The SMILES string of the molecule is Cc1nn(-c2ccc(F)c3cc(Cc4cccc(C(F)(F)F)c4)sc23)c(C)c1C(=O)NCC(N)=O. The van der Waals surface area contributed by atoms with Gasteiger partial charge in [0.05, 0.1) is 39.4 Å². The van der Waals surface area contributed by atoms with Crippen LogP contribution in [0.5, 0.6) is 0 Å². The highest BCUT2D eigenvalue weighted by atomic mass is 32.1. The van der Waals surface area contributed by atoms with Crippen LogP contribution in [-0.2, 0) is 17.4 Å². The zero-order chi connectivity index (χ0) is 25.5. The molecule has 0 atom stereocenters. The number of nitrogens with two attached hydrogens (primary N) is 1. The Morgan fingerprint density at radius 2 is 1.89 bits per heavy atom. The summed E-state index contributed by atoms with van der Waals surface area (Å²) < 4.78 is 56.0. The molecule has 6 nitrogen and oxygen atoms in total. The second-order valence-electron chi connectivity index (χ2n) is 8.00. The highest BCUT2D eigenvalue weighted by Crippen LogP contribution is 2.36. The van der Waals surface area contributed by atoms with Crippen LogP contribution in [-0.4, -0.2) is 28.1 Å². The van der Waals surface area contributed by atoms with Gasteiger partial charge in [0.2, 0.25) is 5.91 Å². The maximum atomic E-state index is 14.7. The van der Waals surface area contributed by atoms with Gasteiger partial charge in [0.25, 0.3) is 5.91 Å². The van der Waals surface area contributed by atoms with Crippen LogP contribution in [0.25, 0.3) is 15.8 Å². The van der Waals surface area contributed by atoms with Crippen LogP contribution in [0.4, 0.5) is 17.6 Å². The molecular weight excluding hydrogens is 484 g/mol. The normalized spacial score (nSPS) is 11.7. The number of primary amides is 1. The fourth-order valence-corrected chi connectivity index (χ4v) is 5.10. The highest BCUT2D eigenvalue weighted by molar-refractivity contribution is 7.19. The van der Waals surface area contributed by atoms with E-state index in [1.54, 1.807) is 26.0 Å². The van der Waals surface area contributed by atoms with E-state index in [1.807, 2.05) is 0 Å². The number of alkyl halides is 3. The number of carbonyl (C=O) groups is 2. The molecule has 0 unspecified atom stereocenters. The second-order valence-corrected chi connectivity index (χ2v) is 9.14. The summed E-state index contributed by atoms with van der Waals surface area (Å²) in [5.74, 6) is -1.68. The predicted molar refractivity (Wildman–Crippen MR) is 124 cm³/mol. The van der Waals surface area contributed by atoms with Gasteiger partial charge in [0, 0.05) is 16.7 Å². The summed E-state index contributed by atoms with van der Waals surface area (Å²) in [4.78, 5) is 24.2. The number of halogens is 4. The van der Waals surface area contributed by atoms with Crippen LogP contribution in [0.3, 0.4) is 0 Å². The molecule has 0 aliphatic carbocycles. The Hall–Kier alpha value is -3.73. The van der Waals surface area contributed by atoms with Gasteiger partial charge in [-0.2, -0.15) is 18.3 Å². The van der Waals surface area contributed by atoms with Gasteiger partial charge < -0.3 is 11.1 Å². The standard InChI is InChI=1S/C24H20F4N4O2S/c1-12-21(23(34)30-11-20(29)33)13(2)32(31-12)19-7-6-18(25)17-10-16(35-22(17)19)9-14-4-3-5-15(8-14)24(26,27)28/h3-8,10H,9,11H2,1-2H3,(H2,29,33)(H,30,34). The summed E-state index contributed by atoms with van der Waals surface area (Å²) >= 11 is 1.24. The van der Waals surface area contributed by atoms with E-state index in [0.717, 1.165) is 12.1 Å². The van der Waals surface area contributed by atoms with Crippen LogP contribution in [0.2, 0.25) is 0 Å². The summed E-state index contributed by atoms with van der Waals surface area (Å²) in [6, 6.07) is 9.46. The number of rotatable bonds is 6. The van der Waals surface area contributed by atoms with Gasteiger partial charge in [-0.15, -0.1) is 11.3 Å². The van der Waals surface area contributed by atoms with E-state index < -0.39 is 29.4 Å². The lowest BCUT2D eigenvalue weighted by atomic mass is 10.1. The zero-order valence-corrected chi connectivity index (χ0v) is 19.5. The molecule has 11 heteroatoms. The van der Waals surface area contributed by atoms with Crippen LogP contribution in [0.1, 0.15) is 37.7 Å². The lowest BCUT2D eigenvalue weighted by molar-refractivity contribution is -0.137. The Balaban J connectivity index is 1.74. The van der Waals surface area contributed by atoms with Crippen molar-refractivity contribution in [2.24, 2.45) is 5.73 Å². The molecule has 2 amide bonds. The molecule has 0 spiro atoms. The summed E-state index contributed by atoms with van der Waals surface area (Å²) in [5.41, 5.74) is 6.47. The molecule has 4 aromatic rings. The number of carbonyl (C=O) groups excluding carboxylic acids is 2. The monoisotopic (exact) mass is 504 g/mol. The number of hydrogen-bond donors (Lipinski definition) is 2. The predicted octanol–water partition coefficient (Wildman–Crippen LogP) is 4.67. The Morgan fingerprint density at radius 3 is 2.57 bits per heavy atom. The van der Waals surface area contributed by atoms with Crippen molar-refractivity contribution < 1.29 is 27.2 Å². The van der Waals surface area contributed by atoms with Crippen molar-refractivity contribution in [3.05, 3.63) is 81.2 Å². The van der Waals surface area contributed by atoms with Crippen molar-refractivity contribution in [3.8, 4) is 5.69 Å². The average molecular weight is 505 g/mol. The first-order valence-corrected chi connectivity index (χ1v) is 11.3. The number of benzene rings is 2. The molecule has 2 heterocycles. The second kappa shape index (κ2) is 9.14. The number of nitrogens with zero attached hydrogens (tertiary/aromatic N) is 2. The summed E-state index contributed by atoms with van der Waals surface area (Å²) in [6.45, 7) is 2.98. The minimum atomic E-state index is -4.45. The fraction of sp³-hybridized carbons (Fsp3) is 0.208. The van der Waals surface area contributed by atoms with E-state index in [-0.39, 0.29) is 18.5 Å². The maximum Gasteiger partial charge on any atom is 0.416 e. The third kappa shape index (κ3) is 4.90. The van der Waals surface area contributed by atoms with Crippen LogP contribution < -0.4 is 11.1 Å². The molecule has 3 N–H and O–H groups in total. The number of amides is 2. The van der Waals surface area contributed by atoms with Crippen molar-refractivity contribution in [1.29, 1.82) is 0 Å². The maximum absolute atomic E-state index is 14.7. The molecule has 182 valence electrons. The van der Waals surface area contributed by atoms with Crippen molar-refractivity contribution in [3.63, 3.8) is 0 Å². The van der Waals surface area contributed by atoms with Crippen molar-refractivity contribution >= 4 is 33.2 Å². The van der Waals surface area contributed by atoms with Crippen molar-refractivity contribution in [1.82, 2.24) is 15.1 Å². The lowest BCUT2D eigenvalue weighted by Crippen LogP contribution is -2.33. The molecule has 4 rings (SSSR count). The van der Waals surface area contributed by atoms with Gasteiger partial charge in [-0.05, 0) is 43.7 Å². The first kappa shape index (κ1) is 24.4. The van der Waals surface area contributed by atoms with Crippen LogP contribution in [0, 0.1) is 19.7 Å². The largest absolute Gasteiger partial charge is 0.416 e. The van der Waals surface area contributed by atoms with Crippen LogP contribution >= 0.6 is 11.3 Å². The number of aryl methyl sites for hydroxylation is 1. The van der Waals surface area contributed by atoms with Crippen molar-refractivity contribution in [2.75, 3.05) is 6.54 Å². The molecule has 0 bridgehead atoms. The first-order valence-electron chi connectivity index (χ1n) is 10.5. The Kier molecular flexibility index (Phi) is 6.37. The molecule has 2 aromatic carbocycles. The highest BCUT2D eigenvalue weighted by Gasteiger charge is 2.30. The number of thiophene rings is 1. The van der Waals surface area contributed by atoms with E-state index >= 15 is 0 Å². The van der Waals surface area contributed by atoms with Gasteiger partial charge in [0.1, 0.15) is 5.82 Å². The van der Waals surface area contributed by atoms with Gasteiger partial charge >= 0.3 is 6.18 Å². The molecule has 0 saturated carbocycles. The number of aromatic nitrogens is 2. The Bertz CT molecular complexity index is 1460.